The average molecular weight is 262 g/mol. The van der Waals surface area contributed by atoms with Crippen LogP contribution in [0, 0.1) is 5.92 Å². The SMILES string of the molecule is CCNC1CN(Cc2ccccc2)CCC1C(=O)O. The first kappa shape index (κ1) is 14.0. The van der Waals surface area contributed by atoms with Crippen LogP contribution in [0.25, 0.3) is 0 Å². The van der Waals surface area contributed by atoms with E-state index in [1.165, 1.54) is 5.56 Å². The molecule has 1 fully saturated rings. The summed E-state index contributed by atoms with van der Waals surface area (Å²) in [6.45, 7) is 5.39. The summed E-state index contributed by atoms with van der Waals surface area (Å²) in [6, 6.07) is 10.4. The molecular formula is C15H22N2O2. The van der Waals surface area contributed by atoms with Crippen LogP contribution in [0.3, 0.4) is 0 Å². The summed E-state index contributed by atoms with van der Waals surface area (Å²) in [5, 5.41) is 12.6. The Bertz CT molecular complexity index is 408. The molecule has 0 saturated carbocycles. The number of rotatable bonds is 5. The van der Waals surface area contributed by atoms with Crippen molar-refractivity contribution in [2.45, 2.75) is 25.9 Å². The number of likely N-dealkylation sites (tertiary alicyclic amines) is 1. The summed E-state index contributed by atoms with van der Waals surface area (Å²) in [4.78, 5) is 13.6. The monoisotopic (exact) mass is 262 g/mol. The van der Waals surface area contributed by atoms with E-state index in [9.17, 15) is 9.90 Å². The molecule has 4 heteroatoms. The van der Waals surface area contributed by atoms with Gasteiger partial charge in [0.05, 0.1) is 5.92 Å². The summed E-state index contributed by atoms with van der Waals surface area (Å²) in [5.41, 5.74) is 1.28. The van der Waals surface area contributed by atoms with Crippen LogP contribution in [0.5, 0.6) is 0 Å². The molecule has 1 aliphatic rings. The molecule has 4 nitrogen and oxygen atoms in total. The molecule has 2 N–H and O–H groups in total. The number of carboxylic acid groups (broad SMARTS) is 1. The van der Waals surface area contributed by atoms with Gasteiger partial charge in [0.15, 0.2) is 0 Å². The molecule has 104 valence electrons. The highest BCUT2D eigenvalue weighted by Crippen LogP contribution is 2.20. The topological polar surface area (TPSA) is 52.6 Å². The number of carbonyl (C=O) groups is 1. The first-order valence-corrected chi connectivity index (χ1v) is 6.93. The predicted octanol–water partition coefficient (Wildman–Crippen LogP) is 1.57. The molecule has 0 bridgehead atoms. The minimum absolute atomic E-state index is 0.0555. The molecule has 1 heterocycles. The highest BCUT2D eigenvalue weighted by Gasteiger charge is 2.33. The number of piperidine rings is 1. The summed E-state index contributed by atoms with van der Waals surface area (Å²) < 4.78 is 0. The van der Waals surface area contributed by atoms with E-state index in [2.05, 4.69) is 22.3 Å². The van der Waals surface area contributed by atoms with E-state index < -0.39 is 5.97 Å². The number of hydrogen-bond acceptors (Lipinski definition) is 3. The first-order valence-electron chi connectivity index (χ1n) is 6.93. The molecule has 1 saturated heterocycles. The Morgan fingerprint density at radius 3 is 2.79 bits per heavy atom. The zero-order valence-electron chi connectivity index (χ0n) is 11.4. The lowest BCUT2D eigenvalue weighted by molar-refractivity contribution is -0.144. The fraction of sp³-hybridized carbons (Fsp3) is 0.533. The number of nitrogens with one attached hydrogen (secondary N) is 1. The van der Waals surface area contributed by atoms with Gasteiger partial charge in [0, 0.05) is 19.1 Å². The largest absolute Gasteiger partial charge is 0.481 e. The second kappa shape index (κ2) is 6.68. The van der Waals surface area contributed by atoms with Gasteiger partial charge < -0.3 is 10.4 Å². The lowest BCUT2D eigenvalue weighted by Crippen LogP contribution is -2.52. The third-order valence-corrected chi connectivity index (χ3v) is 3.73. The zero-order chi connectivity index (χ0) is 13.7. The molecule has 2 unspecified atom stereocenters. The Labute approximate surface area is 114 Å². The third-order valence-electron chi connectivity index (χ3n) is 3.73. The number of benzene rings is 1. The predicted molar refractivity (Wildman–Crippen MR) is 74.9 cm³/mol. The molecule has 2 rings (SSSR count). The summed E-state index contributed by atoms with van der Waals surface area (Å²) in [6.07, 6.45) is 0.722. The maximum atomic E-state index is 11.2. The molecule has 2 atom stereocenters. The van der Waals surface area contributed by atoms with Crippen molar-refractivity contribution in [1.29, 1.82) is 0 Å². The second-order valence-electron chi connectivity index (χ2n) is 5.12. The molecule has 0 aromatic heterocycles. The van der Waals surface area contributed by atoms with Gasteiger partial charge in [-0.05, 0) is 25.1 Å². The minimum atomic E-state index is -0.676. The van der Waals surface area contributed by atoms with Gasteiger partial charge >= 0.3 is 5.97 Å². The highest BCUT2D eigenvalue weighted by molar-refractivity contribution is 5.71. The van der Waals surface area contributed by atoms with Crippen LogP contribution in [-0.4, -0.2) is 41.7 Å². The van der Waals surface area contributed by atoms with Gasteiger partial charge in [0.1, 0.15) is 0 Å². The summed E-state index contributed by atoms with van der Waals surface area (Å²) >= 11 is 0. The van der Waals surface area contributed by atoms with Crippen LogP contribution in [0.4, 0.5) is 0 Å². The normalized spacial score (nSPS) is 24.3. The molecule has 19 heavy (non-hydrogen) atoms. The quantitative estimate of drug-likeness (QED) is 0.846. The van der Waals surface area contributed by atoms with E-state index in [0.717, 1.165) is 32.6 Å². The minimum Gasteiger partial charge on any atom is -0.481 e. The molecule has 1 aliphatic heterocycles. The maximum Gasteiger partial charge on any atom is 0.308 e. The molecule has 0 aliphatic carbocycles. The van der Waals surface area contributed by atoms with E-state index in [-0.39, 0.29) is 12.0 Å². The number of nitrogens with zero attached hydrogens (tertiary/aromatic N) is 1. The van der Waals surface area contributed by atoms with Crippen LogP contribution >= 0.6 is 0 Å². The van der Waals surface area contributed by atoms with Gasteiger partial charge in [-0.3, -0.25) is 9.69 Å². The van der Waals surface area contributed by atoms with Gasteiger partial charge in [-0.1, -0.05) is 37.3 Å². The number of carboxylic acids is 1. The Kier molecular flexibility index (Phi) is 4.93. The standard InChI is InChI=1S/C15H22N2O2/c1-2-16-14-11-17(9-8-13(14)15(18)19)10-12-6-4-3-5-7-12/h3-7,13-14,16H,2,8-11H2,1H3,(H,18,19). The Balaban J connectivity index is 1.96. The fourth-order valence-corrected chi connectivity index (χ4v) is 2.77. The zero-order valence-corrected chi connectivity index (χ0v) is 11.4. The summed E-state index contributed by atoms with van der Waals surface area (Å²) in [7, 11) is 0. The Hall–Kier alpha value is -1.39. The molecular weight excluding hydrogens is 240 g/mol. The first-order chi connectivity index (χ1) is 9.20. The Morgan fingerprint density at radius 1 is 1.42 bits per heavy atom. The molecule has 0 amide bonds. The maximum absolute atomic E-state index is 11.2. The van der Waals surface area contributed by atoms with Gasteiger partial charge in [-0.15, -0.1) is 0 Å². The van der Waals surface area contributed by atoms with Crippen molar-refractivity contribution in [3.63, 3.8) is 0 Å². The fourth-order valence-electron chi connectivity index (χ4n) is 2.77. The van der Waals surface area contributed by atoms with Crippen LogP contribution in [0.15, 0.2) is 30.3 Å². The number of aliphatic carboxylic acids is 1. The molecule has 0 spiro atoms. The van der Waals surface area contributed by atoms with Crippen molar-refractivity contribution in [3.05, 3.63) is 35.9 Å². The van der Waals surface area contributed by atoms with Crippen molar-refractivity contribution in [2.24, 2.45) is 5.92 Å². The average Bonchev–Trinajstić information content (AvgIpc) is 2.40. The van der Waals surface area contributed by atoms with Crippen molar-refractivity contribution in [2.75, 3.05) is 19.6 Å². The molecule has 1 aromatic carbocycles. The van der Waals surface area contributed by atoms with Crippen molar-refractivity contribution >= 4 is 5.97 Å². The van der Waals surface area contributed by atoms with Crippen LogP contribution in [0.2, 0.25) is 0 Å². The van der Waals surface area contributed by atoms with Crippen molar-refractivity contribution < 1.29 is 9.90 Å². The van der Waals surface area contributed by atoms with Gasteiger partial charge in [-0.2, -0.15) is 0 Å². The van der Waals surface area contributed by atoms with E-state index in [1.807, 2.05) is 25.1 Å². The number of likely N-dealkylation sites (N-methyl/N-ethyl adjacent to an activating group) is 1. The summed E-state index contributed by atoms with van der Waals surface area (Å²) in [5.74, 6) is -0.933. The van der Waals surface area contributed by atoms with Gasteiger partial charge in [0.2, 0.25) is 0 Å². The van der Waals surface area contributed by atoms with E-state index in [1.54, 1.807) is 0 Å². The lowest BCUT2D eigenvalue weighted by Gasteiger charge is -2.37. The lowest BCUT2D eigenvalue weighted by atomic mass is 9.91. The van der Waals surface area contributed by atoms with Gasteiger partial charge in [0.25, 0.3) is 0 Å². The van der Waals surface area contributed by atoms with E-state index >= 15 is 0 Å². The van der Waals surface area contributed by atoms with Crippen LogP contribution in [-0.2, 0) is 11.3 Å². The second-order valence-corrected chi connectivity index (χ2v) is 5.12. The van der Waals surface area contributed by atoms with E-state index in [4.69, 9.17) is 0 Å². The van der Waals surface area contributed by atoms with Crippen LogP contribution in [0.1, 0.15) is 18.9 Å². The van der Waals surface area contributed by atoms with E-state index in [0.29, 0.717) is 0 Å². The highest BCUT2D eigenvalue weighted by atomic mass is 16.4. The smallest absolute Gasteiger partial charge is 0.308 e. The van der Waals surface area contributed by atoms with Crippen LogP contribution < -0.4 is 5.32 Å². The van der Waals surface area contributed by atoms with Crippen molar-refractivity contribution in [1.82, 2.24) is 10.2 Å². The number of hydrogen-bond donors (Lipinski definition) is 2. The Morgan fingerprint density at radius 2 is 2.16 bits per heavy atom. The molecule has 0 radical (unpaired) electrons. The third kappa shape index (κ3) is 3.78. The van der Waals surface area contributed by atoms with Gasteiger partial charge in [-0.25, -0.2) is 0 Å². The van der Waals surface area contributed by atoms with Crippen molar-refractivity contribution in [3.8, 4) is 0 Å². The molecule has 1 aromatic rings.